The number of imide groups is 1. The first-order chi connectivity index (χ1) is 13.8. The predicted molar refractivity (Wildman–Crippen MR) is 105 cm³/mol. The number of nitrogens with one attached hydrogen (secondary N) is 1. The second kappa shape index (κ2) is 8.00. The number of nitrogens with zero attached hydrogens (tertiary/aromatic N) is 1. The third kappa shape index (κ3) is 3.97. The quantitative estimate of drug-likeness (QED) is 0.683. The molecule has 0 saturated carbocycles. The fourth-order valence-electron chi connectivity index (χ4n) is 2.99. The van der Waals surface area contributed by atoms with Gasteiger partial charge in [-0.25, -0.2) is 8.42 Å². The lowest BCUT2D eigenvalue weighted by atomic mass is 10.2. The summed E-state index contributed by atoms with van der Waals surface area (Å²) in [5, 5.41) is 0. The summed E-state index contributed by atoms with van der Waals surface area (Å²) in [5.74, 6) is 0.321. The number of benzene rings is 2. The minimum atomic E-state index is -3.94. The van der Waals surface area contributed by atoms with E-state index in [-0.39, 0.29) is 35.2 Å². The van der Waals surface area contributed by atoms with Gasteiger partial charge in [-0.1, -0.05) is 0 Å². The summed E-state index contributed by atoms with van der Waals surface area (Å²) >= 11 is 0. The number of carbonyl (C=O) groups excluding carboxylic acids is 2. The zero-order valence-corrected chi connectivity index (χ0v) is 16.9. The molecule has 9 nitrogen and oxygen atoms in total. The molecule has 0 spiro atoms. The Bertz CT molecular complexity index is 1010. The molecular weight excluding hydrogens is 400 g/mol. The number of sulfonamides is 1. The molecule has 0 unspecified atom stereocenters. The summed E-state index contributed by atoms with van der Waals surface area (Å²) in [7, 11) is 0.357. The molecule has 29 heavy (non-hydrogen) atoms. The number of hydrogen-bond acceptors (Lipinski definition) is 7. The van der Waals surface area contributed by atoms with E-state index in [9.17, 15) is 18.0 Å². The van der Waals surface area contributed by atoms with E-state index in [0.717, 1.165) is 4.90 Å². The number of amides is 2. The highest BCUT2D eigenvalue weighted by molar-refractivity contribution is 7.92. The Hall–Kier alpha value is -3.27. The van der Waals surface area contributed by atoms with Gasteiger partial charge in [-0.15, -0.1) is 0 Å². The summed E-state index contributed by atoms with van der Waals surface area (Å²) < 4.78 is 43.6. The normalized spacial score (nSPS) is 14.1. The first-order valence-electron chi connectivity index (χ1n) is 8.59. The van der Waals surface area contributed by atoms with Crippen LogP contribution in [0.4, 0.5) is 11.4 Å². The van der Waals surface area contributed by atoms with Gasteiger partial charge in [0.15, 0.2) is 11.5 Å². The van der Waals surface area contributed by atoms with E-state index < -0.39 is 10.0 Å². The van der Waals surface area contributed by atoms with Crippen molar-refractivity contribution in [2.24, 2.45) is 0 Å². The molecule has 154 valence electrons. The van der Waals surface area contributed by atoms with Crippen molar-refractivity contribution in [2.45, 2.75) is 17.7 Å². The van der Waals surface area contributed by atoms with Gasteiger partial charge in [-0.2, -0.15) is 0 Å². The highest BCUT2D eigenvalue weighted by atomic mass is 32.2. The SMILES string of the molecule is COc1cc(NS(=O)(=O)c2ccc(N3C(=O)CCC3=O)cc2)cc(OC)c1OC. The summed E-state index contributed by atoms with van der Waals surface area (Å²) in [4.78, 5) is 24.7. The van der Waals surface area contributed by atoms with Crippen LogP contribution in [0.15, 0.2) is 41.3 Å². The van der Waals surface area contributed by atoms with E-state index >= 15 is 0 Å². The van der Waals surface area contributed by atoms with Crippen LogP contribution in [0.1, 0.15) is 12.8 Å². The zero-order valence-electron chi connectivity index (χ0n) is 16.1. The third-order valence-electron chi connectivity index (χ3n) is 4.37. The average Bonchev–Trinajstić information content (AvgIpc) is 3.05. The molecule has 0 aliphatic carbocycles. The molecule has 0 atom stereocenters. The van der Waals surface area contributed by atoms with Crippen LogP contribution in [0.3, 0.4) is 0 Å². The van der Waals surface area contributed by atoms with Crippen LogP contribution in [-0.4, -0.2) is 41.6 Å². The van der Waals surface area contributed by atoms with Gasteiger partial charge in [-0.3, -0.25) is 19.2 Å². The minimum absolute atomic E-state index is 0.0332. The van der Waals surface area contributed by atoms with E-state index in [1.54, 1.807) is 0 Å². The van der Waals surface area contributed by atoms with Crippen molar-refractivity contribution < 1.29 is 32.2 Å². The van der Waals surface area contributed by atoms with Gasteiger partial charge in [0.2, 0.25) is 17.6 Å². The van der Waals surface area contributed by atoms with Gasteiger partial charge >= 0.3 is 0 Å². The number of carbonyl (C=O) groups is 2. The van der Waals surface area contributed by atoms with Crippen LogP contribution in [0, 0.1) is 0 Å². The Labute approximate surface area is 168 Å². The van der Waals surface area contributed by atoms with Crippen LogP contribution < -0.4 is 23.8 Å². The van der Waals surface area contributed by atoms with Crippen molar-refractivity contribution in [3.05, 3.63) is 36.4 Å². The van der Waals surface area contributed by atoms with Gasteiger partial charge in [-0.05, 0) is 24.3 Å². The Morgan fingerprint density at radius 3 is 1.83 bits per heavy atom. The molecule has 2 aromatic carbocycles. The van der Waals surface area contributed by atoms with E-state index in [0.29, 0.717) is 22.9 Å². The van der Waals surface area contributed by atoms with Gasteiger partial charge in [0.25, 0.3) is 10.0 Å². The summed E-state index contributed by atoms with van der Waals surface area (Å²) in [6.07, 6.45) is 0.309. The van der Waals surface area contributed by atoms with Crippen molar-refractivity contribution in [1.29, 1.82) is 0 Å². The van der Waals surface area contributed by atoms with Crippen molar-refractivity contribution in [1.82, 2.24) is 0 Å². The highest BCUT2D eigenvalue weighted by Gasteiger charge is 2.30. The fourth-order valence-corrected chi connectivity index (χ4v) is 4.03. The second-order valence-electron chi connectivity index (χ2n) is 6.14. The number of rotatable bonds is 7. The molecule has 2 aromatic rings. The maximum Gasteiger partial charge on any atom is 0.261 e. The molecule has 1 aliphatic rings. The summed E-state index contributed by atoms with van der Waals surface area (Å²) in [6.45, 7) is 0. The maximum atomic E-state index is 12.7. The molecule has 10 heteroatoms. The number of ether oxygens (including phenoxy) is 3. The first-order valence-corrected chi connectivity index (χ1v) is 10.1. The van der Waals surface area contributed by atoms with Crippen molar-refractivity contribution in [3.8, 4) is 17.2 Å². The lowest BCUT2D eigenvalue weighted by Crippen LogP contribution is -2.28. The Morgan fingerprint density at radius 1 is 0.862 bits per heavy atom. The monoisotopic (exact) mass is 420 g/mol. The van der Waals surface area contributed by atoms with Crippen molar-refractivity contribution >= 4 is 33.2 Å². The van der Waals surface area contributed by atoms with Crippen molar-refractivity contribution in [2.75, 3.05) is 31.0 Å². The van der Waals surface area contributed by atoms with Gasteiger partial charge < -0.3 is 14.2 Å². The number of methoxy groups -OCH3 is 3. The standard InChI is InChI=1S/C19H20N2O7S/c1-26-15-10-12(11-16(27-2)19(15)28-3)20-29(24,25)14-6-4-13(5-7-14)21-17(22)8-9-18(21)23/h4-7,10-11,20H,8-9H2,1-3H3. The summed E-state index contributed by atoms with van der Waals surface area (Å²) in [5.41, 5.74) is 0.553. The third-order valence-corrected chi connectivity index (χ3v) is 5.77. The molecule has 0 radical (unpaired) electrons. The van der Waals surface area contributed by atoms with Gasteiger partial charge in [0.1, 0.15) is 0 Å². The molecule has 1 saturated heterocycles. The fraction of sp³-hybridized carbons (Fsp3) is 0.263. The second-order valence-corrected chi connectivity index (χ2v) is 7.82. The molecule has 1 aliphatic heterocycles. The Kier molecular flexibility index (Phi) is 5.64. The molecule has 3 rings (SSSR count). The van der Waals surface area contributed by atoms with E-state index in [1.807, 2.05) is 0 Å². The summed E-state index contributed by atoms with van der Waals surface area (Å²) in [6, 6.07) is 8.43. The minimum Gasteiger partial charge on any atom is -0.493 e. The Morgan fingerprint density at radius 2 is 1.38 bits per heavy atom. The van der Waals surface area contributed by atoms with Crippen molar-refractivity contribution in [3.63, 3.8) is 0 Å². The van der Waals surface area contributed by atoms with Crippen LogP contribution in [-0.2, 0) is 19.6 Å². The van der Waals surface area contributed by atoms with Gasteiger partial charge in [0, 0.05) is 25.0 Å². The molecule has 0 aromatic heterocycles. The number of hydrogen-bond donors (Lipinski definition) is 1. The van der Waals surface area contributed by atoms with Crippen LogP contribution in [0.5, 0.6) is 17.2 Å². The van der Waals surface area contributed by atoms with Crippen LogP contribution in [0.2, 0.25) is 0 Å². The molecule has 0 bridgehead atoms. The maximum absolute atomic E-state index is 12.7. The van der Waals surface area contributed by atoms with E-state index in [2.05, 4.69) is 4.72 Å². The largest absolute Gasteiger partial charge is 0.493 e. The number of anilines is 2. The molecule has 2 amide bonds. The highest BCUT2D eigenvalue weighted by Crippen LogP contribution is 2.40. The predicted octanol–water partition coefficient (Wildman–Crippen LogP) is 2.17. The first kappa shape index (κ1) is 20.5. The lowest BCUT2D eigenvalue weighted by molar-refractivity contribution is -0.121. The molecular formula is C19H20N2O7S. The molecule has 1 fully saturated rings. The molecule has 1 heterocycles. The van der Waals surface area contributed by atoms with Crippen LogP contribution >= 0.6 is 0 Å². The average molecular weight is 420 g/mol. The lowest BCUT2D eigenvalue weighted by Gasteiger charge is -2.16. The Balaban J connectivity index is 1.88. The topological polar surface area (TPSA) is 111 Å². The smallest absolute Gasteiger partial charge is 0.261 e. The molecule has 1 N–H and O–H groups in total. The van der Waals surface area contributed by atoms with Gasteiger partial charge in [0.05, 0.1) is 37.6 Å². The van der Waals surface area contributed by atoms with E-state index in [1.165, 1.54) is 57.7 Å². The van der Waals surface area contributed by atoms with E-state index in [4.69, 9.17) is 14.2 Å². The van der Waals surface area contributed by atoms with Crippen LogP contribution in [0.25, 0.3) is 0 Å². The zero-order chi connectivity index (χ0) is 21.2.